The lowest BCUT2D eigenvalue weighted by Gasteiger charge is -2.22. The lowest BCUT2D eigenvalue weighted by atomic mass is 10.1. The normalized spacial score (nSPS) is 14.6. The monoisotopic (exact) mass is 434 g/mol. The van der Waals surface area contributed by atoms with Crippen LogP contribution in [0.5, 0.6) is 5.75 Å². The van der Waals surface area contributed by atoms with Crippen molar-refractivity contribution in [3.05, 3.63) is 66.0 Å². The van der Waals surface area contributed by atoms with Crippen LogP contribution in [0.25, 0.3) is 11.3 Å². The first-order valence-electron chi connectivity index (χ1n) is 9.92. The van der Waals surface area contributed by atoms with Gasteiger partial charge in [-0.2, -0.15) is 0 Å². The molecule has 7 nitrogen and oxygen atoms in total. The zero-order valence-corrected chi connectivity index (χ0v) is 17.6. The molecule has 0 unspecified atom stereocenters. The number of sulfone groups is 1. The van der Waals surface area contributed by atoms with Crippen molar-refractivity contribution in [3.8, 4) is 28.8 Å². The zero-order chi connectivity index (χ0) is 21.8. The maximum absolute atomic E-state index is 12.9. The Labute approximate surface area is 181 Å². The number of hydrogen-bond donors (Lipinski definition) is 3. The maximum Gasteiger partial charge on any atom is 0.181 e. The molecule has 0 radical (unpaired) electrons. The van der Waals surface area contributed by atoms with E-state index in [0.717, 1.165) is 18.7 Å². The molecule has 4 N–H and O–H groups in total. The number of phenols is 1. The number of piperidine rings is 1. The van der Waals surface area contributed by atoms with Crippen LogP contribution in [0, 0.1) is 11.8 Å². The van der Waals surface area contributed by atoms with E-state index >= 15 is 0 Å². The molecule has 3 aromatic rings. The van der Waals surface area contributed by atoms with E-state index in [1.165, 1.54) is 6.20 Å². The minimum absolute atomic E-state index is 0.124. The van der Waals surface area contributed by atoms with Crippen molar-refractivity contribution in [1.82, 2.24) is 15.3 Å². The standard InChI is InChI=1S/C23H22N4O3S/c24-23-21(9-4-16-2-1-3-18(28)14-16)27-22(15-26-23)17-5-7-19(8-6-17)31(29,30)20-10-12-25-13-11-20/h1-3,5-8,14-15,20,25,28H,10-13H2,(H2,24,26). The Balaban J connectivity index is 1.60. The molecule has 2 aromatic carbocycles. The summed E-state index contributed by atoms with van der Waals surface area (Å²) in [4.78, 5) is 8.96. The highest BCUT2D eigenvalue weighted by Gasteiger charge is 2.28. The Morgan fingerprint density at radius 2 is 1.81 bits per heavy atom. The summed E-state index contributed by atoms with van der Waals surface area (Å²) in [5.41, 5.74) is 8.11. The van der Waals surface area contributed by atoms with Crippen molar-refractivity contribution in [1.29, 1.82) is 0 Å². The van der Waals surface area contributed by atoms with Crippen LogP contribution in [0.2, 0.25) is 0 Å². The highest BCUT2D eigenvalue weighted by atomic mass is 32.2. The van der Waals surface area contributed by atoms with Crippen LogP contribution >= 0.6 is 0 Å². The van der Waals surface area contributed by atoms with Gasteiger partial charge in [-0.15, -0.1) is 0 Å². The number of nitrogen functional groups attached to an aromatic ring is 1. The number of aromatic nitrogens is 2. The van der Waals surface area contributed by atoms with Gasteiger partial charge in [-0.25, -0.2) is 18.4 Å². The van der Waals surface area contributed by atoms with E-state index in [2.05, 4.69) is 27.1 Å². The molecule has 0 spiro atoms. The number of benzene rings is 2. The van der Waals surface area contributed by atoms with Gasteiger partial charge >= 0.3 is 0 Å². The molecule has 1 aromatic heterocycles. The van der Waals surface area contributed by atoms with Gasteiger partial charge < -0.3 is 16.2 Å². The fourth-order valence-corrected chi connectivity index (χ4v) is 5.21. The number of anilines is 1. The van der Waals surface area contributed by atoms with Gasteiger partial charge in [0.15, 0.2) is 21.3 Å². The Kier molecular flexibility index (Phi) is 5.89. The van der Waals surface area contributed by atoms with Crippen LogP contribution in [-0.2, 0) is 9.84 Å². The van der Waals surface area contributed by atoms with Gasteiger partial charge in [-0.1, -0.05) is 24.1 Å². The van der Waals surface area contributed by atoms with Crippen LogP contribution in [0.15, 0.2) is 59.6 Å². The molecule has 1 fully saturated rings. The third kappa shape index (κ3) is 4.68. The lowest BCUT2D eigenvalue weighted by molar-refractivity contribution is 0.475. The quantitative estimate of drug-likeness (QED) is 0.542. The summed E-state index contributed by atoms with van der Waals surface area (Å²) in [5, 5.41) is 12.4. The van der Waals surface area contributed by atoms with Crippen molar-refractivity contribution in [2.24, 2.45) is 0 Å². The average molecular weight is 435 g/mol. The third-order valence-electron chi connectivity index (χ3n) is 5.18. The number of nitrogens with zero attached hydrogens (tertiary/aromatic N) is 2. The van der Waals surface area contributed by atoms with E-state index in [0.29, 0.717) is 34.7 Å². The number of rotatable bonds is 3. The summed E-state index contributed by atoms with van der Waals surface area (Å²) in [6, 6.07) is 13.2. The molecular formula is C23H22N4O3S. The van der Waals surface area contributed by atoms with Gasteiger partial charge in [-0.3, -0.25) is 0 Å². The Morgan fingerprint density at radius 1 is 1.06 bits per heavy atom. The smallest absolute Gasteiger partial charge is 0.181 e. The summed E-state index contributed by atoms with van der Waals surface area (Å²) >= 11 is 0. The molecular weight excluding hydrogens is 412 g/mol. The highest BCUT2D eigenvalue weighted by molar-refractivity contribution is 7.92. The van der Waals surface area contributed by atoms with Crippen LogP contribution in [0.4, 0.5) is 5.82 Å². The van der Waals surface area contributed by atoms with Gasteiger partial charge in [0.2, 0.25) is 0 Å². The minimum Gasteiger partial charge on any atom is -0.508 e. The van der Waals surface area contributed by atoms with E-state index in [9.17, 15) is 13.5 Å². The minimum atomic E-state index is -3.36. The van der Waals surface area contributed by atoms with Crippen molar-refractivity contribution < 1.29 is 13.5 Å². The first kappa shape index (κ1) is 20.8. The van der Waals surface area contributed by atoms with Gasteiger partial charge in [0.25, 0.3) is 0 Å². The van der Waals surface area contributed by atoms with E-state index < -0.39 is 9.84 Å². The Hall–Kier alpha value is -3.41. The van der Waals surface area contributed by atoms with E-state index in [1.807, 2.05) is 0 Å². The van der Waals surface area contributed by atoms with E-state index in [-0.39, 0.29) is 16.8 Å². The molecule has 1 aliphatic heterocycles. The molecule has 8 heteroatoms. The summed E-state index contributed by atoms with van der Waals surface area (Å²) in [7, 11) is -3.36. The van der Waals surface area contributed by atoms with Crippen molar-refractivity contribution >= 4 is 15.7 Å². The molecule has 0 bridgehead atoms. The zero-order valence-electron chi connectivity index (χ0n) is 16.7. The third-order valence-corrected chi connectivity index (χ3v) is 7.45. The van der Waals surface area contributed by atoms with Crippen LogP contribution in [0.1, 0.15) is 24.1 Å². The molecule has 0 amide bonds. The molecule has 1 aliphatic rings. The summed E-state index contributed by atoms with van der Waals surface area (Å²) < 4.78 is 25.7. The molecule has 158 valence electrons. The number of phenolic OH excluding ortho intramolecular Hbond substituents is 1. The summed E-state index contributed by atoms with van der Waals surface area (Å²) in [6.07, 6.45) is 2.77. The first-order valence-corrected chi connectivity index (χ1v) is 11.5. The molecule has 0 aliphatic carbocycles. The number of nitrogens with two attached hydrogens (primary N) is 1. The second-order valence-electron chi connectivity index (χ2n) is 7.31. The number of nitrogens with one attached hydrogen (secondary N) is 1. The molecule has 4 rings (SSSR count). The Bertz CT molecular complexity index is 1260. The van der Waals surface area contributed by atoms with Crippen LogP contribution < -0.4 is 11.1 Å². The molecule has 1 saturated heterocycles. The first-order chi connectivity index (χ1) is 14.9. The van der Waals surface area contributed by atoms with Gasteiger partial charge in [0.1, 0.15) is 5.75 Å². The molecule has 2 heterocycles. The van der Waals surface area contributed by atoms with Crippen molar-refractivity contribution in [2.45, 2.75) is 23.0 Å². The average Bonchev–Trinajstić information content (AvgIpc) is 2.79. The molecule has 0 atom stereocenters. The number of aromatic hydroxyl groups is 1. The number of hydrogen-bond acceptors (Lipinski definition) is 7. The van der Waals surface area contributed by atoms with Gasteiger partial charge in [-0.05, 0) is 62.2 Å². The van der Waals surface area contributed by atoms with Gasteiger partial charge in [0.05, 0.1) is 22.0 Å². The van der Waals surface area contributed by atoms with Gasteiger partial charge in [0, 0.05) is 11.1 Å². The fourth-order valence-electron chi connectivity index (χ4n) is 3.46. The summed E-state index contributed by atoms with van der Waals surface area (Å²) in [6.45, 7) is 1.44. The topological polar surface area (TPSA) is 118 Å². The van der Waals surface area contributed by atoms with Crippen molar-refractivity contribution in [2.75, 3.05) is 18.8 Å². The highest BCUT2D eigenvalue weighted by Crippen LogP contribution is 2.25. The molecule has 0 saturated carbocycles. The summed E-state index contributed by atoms with van der Waals surface area (Å²) in [5.74, 6) is 6.11. The predicted octanol–water partition coefficient (Wildman–Crippen LogP) is 2.36. The second-order valence-corrected chi connectivity index (χ2v) is 9.54. The molecule has 31 heavy (non-hydrogen) atoms. The second kappa shape index (κ2) is 8.76. The maximum atomic E-state index is 12.9. The van der Waals surface area contributed by atoms with Crippen LogP contribution in [0.3, 0.4) is 0 Å². The fraction of sp³-hybridized carbons (Fsp3) is 0.217. The SMILES string of the molecule is Nc1ncc(-c2ccc(S(=O)(=O)C3CCNCC3)cc2)nc1C#Cc1cccc(O)c1. The van der Waals surface area contributed by atoms with E-state index in [1.54, 1.807) is 48.5 Å². The Morgan fingerprint density at radius 3 is 2.52 bits per heavy atom. The van der Waals surface area contributed by atoms with Crippen LogP contribution in [-0.4, -0.2) is 41.8 Å². The predicted molar refractivity (Wildman–Crippen MR) is 119 cm³/mol. The van der Waals surface area contributed by atoms with Crippen molar-refractivity contribution in [3.63, 3.8) is 0 Å². The largest absolute Gasteiger partial charge is 0.508 e. The lowest BCUT2D eigenvalue weighted by Crippen LogP contribution is -2.35. The van der Waals surface area contributed by atoms with E-state index in [4.69, 9.17) is 5.73 Å².